The minimum Gasteiger partial charge on any atom is -0.465 e. The number of hydrogen-bond acceptors (Lipinski definition) is 4. The van der Waals surface area contributed by atoms with E-state index in [1.165, 1.54) is 4.90 Å². The molecule has 1 heterocycles. The number of aliphatic hydroxyl groups is 1. The van der Waals surface area contributed by atoms with Crippen molar-refractivity contribution in [3.8, 4) is 0 Å². The van der Waals surface area contributed by atoms with Crippen LogP contribution in [0.15, 0.2) is 0 Å². The van der Waals surface area contributed by atoms with Crippen molar-refractivity contribution in [2.24, 2.45) is 0 Å². The quantitative estimate of drug-likeness (QED) is 0.596. The molecular formula is C9H18N2O4. The number of hydrogen-bond donors (Lipinski definition) is 2. The van der Waals surface area contributed by atoms with Crippen molar-refractivity contribution >= 4 is 6.09 Å². The molecule has 0 aromatic heterocycles. The summed E-state index contributed by atoms with van der Waals surface area (Å²) in [4.78, 5) is 14.2. The Balaban J connectivity index is 2.07. The molecule has 0 aromatic rings. The van der Waals surface area contributed by atoms with Crippen molar-refractivity contribution < 1.29 is 19.7 Å². The summed E-state index contributed by atoms with van der Waals surface area (Å²) in [6.45, 7) is 4.46. The smallest absolute Gasteiger partial charge is 0.407 e. The van der Waals surface area contributed by atoms with E-state index in [9.17, 15) is 4.79 Å². The maximum absolute atomic E-state index is 10.6. The van der Waals surface area contributed by atoms with E-state index in [1.54, 1.807) is 0 Å². The van der Waals surface area contributed by atoms with Crippen LogP contribution >= 0.6 is 0 Å². The fraction of sp³-hybridized carbons (Fsp3) is 0.889. The first-order valence-corrected chi connectivity index (χ1v) is 5.13. The molecule has 1 aliphatic heterocycles. The summed E-state index contributed by atoms with van der Waals surface area (Å²) in [5.74, 6) is 0. The molecule has 0 aromatic carbocycles. The van der Waals surface area contributed by atoms with Crippen LogP contribution < -0.4 is 0 Å². The number of piperazine rings is 1. The normalized spacial score (nSPS) is 18.1. The van der Waals surface area contributed by atoms with E-state index in [-0.39, 0.29) is 6.61 Å². The van der Waals surface area contributed by atoms with Crippen LogP contribution in [0.1, 0.15) is 0 Å². The van der Waals surface area contributed by atoms with Crippen molar-refractivity contribution in [2.45, 2.75) is 0 Å². The van der Waals surface area contributed by atoms with Gasteiger partial charge in [-0.2, -0.15) is 0 Å². The van der Waals surface area contributed by atoms with Crippen LogP contribution in [0.3, 0.4) is 0 Å². The number of nitrogens with zero attached hydrogens (tertiary/aromatic N) is 2. The molecule has 88 valence electrons. The maximum Gasteiger partial charge on any atom is 0.407 e. The lowest BCUT2D eigenvalue weighted by molar-refractivity contribution is 0.0570. The highest BCUT2D eigenvalue weighted by atomic mass is 16.5. The molecule has 0 spiro atoms. The zero-order chi connectivity index (χ0) is 11.1. The molecule has 1 amide bonds. The first-order chi connectivity index (χ1) is 7.24. The molecule has 6 heteroatoms. The molecular weight excluding hydrogens is 200 g/mol. The largest absolute Gasteiger partial charge is 0.465 e. The fourth-order valence-electron chi connectivity index (χ4n) is 1.52. The Morgan fingerprint density at radius 1 is 1.20 bits per heavy atom. The van der Waals surface area contributed by atoms with Gasteiger partial charge in [-0.15, -0.1) is 0 Å². The van der Waals surface area contributed by atoms with Gasteiger partial charge in [0.15, 0.2) is 0 Å². The lowest BCUT2D eigenvalue weighted by Gasteiger charge is -2.32. The van der Waals surface area contributed by atoms with Crippen LogP contribution in [0.4, 0.5) is 4.79 Å². The molecule has 1 rings (SSSR count). The Bertz CT molecular complexity index is 193. The monoisotopic (exact) mass is 218 g/mol. The van der Waals surface area contributed by atoms with Gasteiger partial charge < -0.3 is 19.8 Å². The molecule has 0 aliphatic carbocycles. The summed E-state index contributed by atoms with van der Waals surface area (Å²) in [5, 5.41) is 17.2. The van der Waals surface area contributed by atoms with Crippen LogP contribution in [-0.2, 0) is 4.74 Å². The number of carbonyl (C=O) groups is 1. The molecule has 0 radical (unpaired) electrons. The Morgan fingerprint density at radius 2 is 1.87 bits per heavy atom. The van der Waals surface area contributed by atoms with Gasteiger partial charge in [0.1, 0.15) is 0 Å². The Labute approximate surface area is 89.0 Å². The second kappa shape index (κ2) is 6.60. The van der Waals surface area contributed by atoms with Gasteiger partial charge in [0.05, 0.1) is 19.8 Å². The van der Waals surface area contributed by atoms with Gasteiger partial charge in [0.2, 0.25) is 0 Å². The standard InChI is InChI=1S/C9H18N2O4/c12-6-8-15-7-5-10-1-3-11(4-2-10)9(13)14/h12H,1-8H2,(H,13,14). The fourth-order valence-corrected chi connectivity index (χ4v) is 1.52. The topological polar surface area (TPSA) is 73.2 Å². The third-order valence-electron chi connectivity index (χ3n) is 2.43. The van der Waals surface area contributed by atoms with Gasteiger partial charge in [-0.3, -0.25) is 4.90 Å². The number of aliphatic hydroxyl groups excluding tert-OH is 1. The molecule has 15 heavy (non-hydrogen) atoms. The van der Waals surface area contributed by atoms with Crippen molar-refractivity contribution in [2.75, 3.05) is 52.5 Å². The number of rotatable bonds is 5. The van der Waals surface area contributed by atoms with Crippen LogP contribution in [0.25, 0.3) is 0 Å². The minimum atomic E-state index is -0.841. The summed E-state index contributed by atoms with van der Waals surface area (Å²) in [5.41, 5.74) is 0. The van der Waals surface area contributed by atoms with Crippen molar-refractivity contribution in [1.82, 2.24) is 9.80 Å². The van der Waals surface area contributed by atoms with Crippen LogP contribution in [0.5, 0.6) is 0 Å². The Kier molecular flexibility index (Phi) is 5.38. The van der Waals surface area contributed by atoms with E-state index in [0.29, 0.717) is 26.3 Å². The average molecular weight is 218 g/mol. The Hall–Kier alpha value is -0.850. The lowest BCUT2D eigenvalue weighted by Crippen LogP contribution is -2.49. The molecule has 6 nitrogen and oxygen atoms in total. The second-order valence-electron chi connectivity index (χ2n) is 3.45. The summed E-state index contributed by atoms with van der Waals surface area (Å²) in [7, 11) is 0. The highest BCUT2D eigenvalue weighted by Crippen LogP contribution is 2.01. The molecule has 1 aliphatic rings. The number of ether oxygens (including phenoxy) is 1. The second-order valence-corrected chi connectivity index (χ2v) is 3.45. The predicted molar refractivity (Wildman–Crippen MR) is 53.9 cm³/mol. The predicted octanol–water partition coefficient (Wildman–Crippen LogP) is -0.709. The highest BCUT2D eigenvalue weighted by Gasteiger charge is 2.19. The van der Waals surface area contributed by atoms with E-state index in [4.69, 9.17) is 14.9 Å². The summed E-state index contributed by atoms with van der Waals surface area (Å²) in [6.07, 6.45) is -0.841. The molecule has 0 saturated carbocycles. The van der Waals surface area contributed by atoms with Gasteiger partial charge in [-0.05, 0) is 0 Å². The van der Waals surface area contributed by atoms with Crippen molar-refractivity contribution in [3.05, 3.63) is 0 Å². The number of carboxylic acid groups (broad SMARTS) is 1. The van der Waals surface area contributed by atoms with E-state index in [1.807, 2.05) is 0 Å². The third kappa shape index (κ3) is 4.46. The van der Waals surface area contributed by atoms with E-state index < -0.39 is 6.09 Å². The van der Waals surface area contributed by atoms with Gasteiger partial charge in [0.25, 0.3) is 0 Å². The summed E-state index contributed by atoms with van der Waals surface area (Å²) < 4.78 is 5.14. The first-order valence-electron chi connectivity index (χ1n) is 5.13. The molecule has 0 atom stereocenters. The zero-order valence-electron chi connectivity index (χ0n) is 8.76. The SMILES string of the molecule is O=C(O)N1CCN(CCOCCO)CC1. The van der Waals surface area contributed by atoms with Gasteiger partial charge in [-0.25, -0.2) is 4.79 Å². The van der Waals surface area contributed by atoms with Crippen LogP contribution in [0.2, 0.25) is 0 Å². The van der Waals surface area contributed by atoms with Gasteiger partial charge >= 0.3 is 6.09 Å². The zero-order valence-corrected chi connectivity index (χ0v) is 8.76. The number of amides is 1. The molecule has 0 bridgehead atoms. The van der Waals surface area contributed by atoms with Crippen LogP contribution in [0, 0.1) is 0 Å². The van der Waals surface area contributed by atoms with Crippen molar-refractivity contribution in [3.63, 3.8) is 0 Å². The third-order valence-corrected chi connectivity index (χ3v) is 2.43. The summed E-state index contributed by atoms with van der Waals surface area (Å²) >= 11 is 0. The molecule has 0 unspecified atom stereocenters. The lowest BCUT2D eigenvalue weighted by atomic mass is 10.3. The van der Waals surface area contributed by atoms with E-state index in [0.717, 1.165) is 19.6 Å². The van der Waals surface area contributed by atoms with Gasteiger partial charge in [0, 0.05) is 32.7 Å². The first kappa shape index (κ1) is 12.2. The van der Waals surface area contributed by atoms with E-state index in [2.05, 4.69) is 4.90 Å². The molecule has 1 saturated heterocycles. The van der Waals surface area contributed by atoms with Crippen LogP contribution in [-0.4, -0.2) is 78.7 Å². The van der Waals surface area contributed by atoms with Crippen molar-refractivity contribution in [1.29, 1.82) is 0 Å². The van der Waals surface area contributed by atoms with Gasteiger partial charge in [-0.1, -0.05) is 0 Å². The summed E-state index contributed by atoms with van der Waals surface area (Å²) in [6, 6.07) is 0. The average Bonchev–Trinajstić information content (AvgIpc) is 2.25. The Morgan fingerprint density at radius 3 is 2.40 bits per heavy atom. The highest BCUT2D eigenvalue weighted by molar-refractivity contribution is 5.65. The van der Waals surface area contributed by atoms with E-state index >= 15 is 0 Å². The molecule has 1 fully saturated rings. The molecule has 2 N–H and O–H groups in total. The maximum atomic E-state index is 10.6. The minimum absolute atomic E-state index is 0.0484.